The fraction of sp³-hybridized carbons (Fsp3) is 0.341. The number of carbonyl (C=O) groups excluding carboxylic acids is 3. The fourth-order valence-corrected chi connectivity index (χ4v) is 9.08. The van der Waals surface area contributed by atoms with Crippen LogP contribution in [0.3, 0.4) is 0 Å². The normalized spacial score (nSPS) is 24.2. The van der Waals surface area contributed by atoms with Gasteiger partial charge in [0.25, 0.3) is 11.8 Å². The molecule has 3 heterocycles. The summed E-state index contributed by atoms with van der Waals surface area (Å²) in [6.45, 7) is 11.1. The largest absolute Gasteiger partial charge is 0.478 e. The van der Waals surface area contributed by atoms with Crippen molar-refractivity contribution < 1.29 is 34.5 Å². The number of hydrogen-bond donors (Lipinski definition) is 3. The van der Waals surface area contributed by atoms with Gasteiger partial charge in [-0.2, -0.15) is 0 Å². The van der Waals surface area contributed by atoms with Gasteiger partial charge in [-0.25, -0.2) is 9.78 Å². The third-order valence-corrected chi connectivity index (χ3v) is 11.8. The Kier molecular flexibility index (Phi) is 8.98. The zero-order valence-electron chi connectivity index (χ0n) is 31.2. The quantitative estimate of drug-likeness (QED) is 0.149. The van der Waals surface area contributed by atoms with Gasteiger partial charge < -0.3 is 25.1 Å². The lowest BCUT2D eigenvalue weighted by Crippen LogP contribution is -2.52. The van der Waals surface area contributed by atoms with E-state index in [4.69, 9.17) is 0 Å². The first-order valence-electron chi connectivity index (χ1n) is 18.2. The third kappa shape index (κ3) is 6.23. The van der Waals surface area contributed by atoms with E-state index in [1.165, 1.54) is 12.5 Å². The first kappa shape index (κ1) is 36.9. The number of rotatable bonds is 6. The van der Waals surface area contributed by atoms with Crippen LogP contribution in [0.1, 0.15) is 100 Å². The maximum absolute atomic E-state index is 14.0. The number of fused-ring (bicyclic) bond motifs is 2. The molecule has 7 rings (SSSR count). The van der Waals surface area contributed by atoms with E-state index in [1.54, 1.807) is 76.5 Å². The Morgan fingerprint density at radius 2 is 1.09 bits per heavy atom. The molecule has 0 saturated carbocycles. The Labute approximate surface area is 314 Å². The van der Waals surface area contributed by atoms with Crippen LogP contribution in [0.15, 0.2) is 102 Å². The molecule has 0 radical (unpaired) electrons. The van der Waals surface area contributed by atoms with E-state index in [0.717, 1.165) is 11.1 Å². The number of benzene rings is 2. The first-order chi connectivity index (χ1) is 25.4. The minimum atomic E-state index is -2.26. The predicted octanol–water partition coefficient (Wildman–Crippen LogP) is 6.44. The highest BCUT2D eigenvalue weighted by Crippen LogP contribution is 2.55. The maximum atomic E-state index is 14.0. The number of amides is 2. The highest BCUT2D eigenvalue weighted by atomic mass is 16.5. The molecule has 54 heavy (non-hydrogen) atoms. The van der Waals surface area contributed by atoms with Gasteiger partial charge in [-0.15, -0.1) is 0 Å². The van der Waals surface area contributed by atoms with Gasteiger partial charge in [-0.1, -0.05) is 100 Å². The van der Waals surface area contributed by atoms with Crippen molar-refractivity contribution in [1.82, 2.24) is 14.8 Å². The summed E-state index contributed by atoms with van der Waals surface area (Å²) in [4.78, 5) is 59.0. The molecule has 2 aromatic carbocycles. The monoisotopic (exact) mass is 727 g/mol. The third-order valence-electron chi connectivity index (χ3n) is 11.8. The summed E-state index contributed by atoms with van der Waals surface area (Å²) in [5.41, 5.74) is 4.33. The van der Waals surface area contributed by atoms with Gasteiger partial charge in [-0.05, 0) is 66.3 Å². The topological polar surface area (TPSA) is 148 Å². The summed E-state index contributed by atoms with van der Waals surface area (Å²) >= 11 is 0. The van der Waals surface area contributed by atoms with E-state index in [2.05, 4.69) is 37.9 Å². The molecule has 2 amide bonds. The van der Waals surface area contributed by atoms with Gasteiger partial charge in [0, 0.05) is 53.6 Å². The fourth-order valence-electron chi connectivity index (χ4n) is 9.08. The lowest BCUT2D eigenvalue weighted by Gasteiger charge is -2.50. The number of carboxylic acid groups (broad SMARTS) is 1. The molecule has 10 nitrogen and oxygen atoms in total. The van der Waals surface area contributed by atoms with Crippen LogP contribution in [-0.2, 0) is 0 Å². The SMILES string of the molecule is CC(=O)c1ccc(C2=CC[C@]3(C)CN(C(=O)c4cccc(C(=O)N5CC=C6C(C)(C)C(c7ccc(C(=O)O)cc7)=CC[C@]6(C)C5)n4)CC=C3C2(O)O)cc1. The van der Waals surface area contributed by atoms with Crippen LogP contribution in [-0.4, -0.2) is 85.6 Å². The van der Waals surface area contributed by atoms with Crippen LogP contribution in [0.5, 0.6) is 0 Å². The second-order valence-corrected chi connectivity index (χ2v) is 16.1. The van der Waals surface area contributed by atoms with Crippen molar-refractivity contribution in [3.05, 3.63) is 136 Å². The smallest absolute Gasteiger partial charge is 0.335 e. The number of pyridine rings is 1. The summed E-state index contributed by atoms with van der Waals surface area (Å²) in [5, 5.41) is 32.3. The Morgan fingerprint density at radius 3 is 1.61 bits per heavy atom. The molecule has 2 aliphatic heterocycles. The van der Waals surface area contributed by atoms with Crippen LogP contribution in [0.2, 0.25) is 0 Å². The zero-order valence-corrected chi connectivity index (χ0v) is 31.2. The lowest BCUT2D eigenvalue weighted by atomic mass is 9.58. The zero-order chi connectivity index (χ0) is 38.8. The molecule has 278 valence electrons. The van der Waals surface area contributed by atoms with Crippen LogP contribution in [0.4, 0.5) is 0 Å². The van der Waals surface area contributed by atoms with Gasteiger partial charge in [0.05, 0.1) is 5.56 Å². The molecule has 0 fully saturated rings. The van der Waals surface area contributed by atoms with Gasteiger partial charge >= 0.3 is 5.97 Å². The molecule has 2 atom stereocenters. The van der Waals surface area contributed by atoms with Gasteiger partial charge in [-0.3, -0.25) is 14.4 Å². The first-order valence-corrected chi connectivity index (χ1v) is 18.2. The molecule has 0 unspecified atom stereocenters. The number of carboxylic acids is 1. The van der Waals surface area contributed by atoms with Crippen LogP contribution < -0.4 is 0 Å². The molecular weight excluding hydrogens is 682 g/mol. The minimum Gasteiger partial charge on any atom is -0.478 e. The van der Waals surface area contributed by atoms with Gasteiger partial charge in [0.1, 0.15) is 11.4 Å². The molecular formula is C44H45N3O7. The Bertz CT molecular complexity index is 2060. The number of aromatic carboxylic acids is 1. The van der Waals surface area contributed by atoms with E-state index in [-0.39, 0.29) is 58.5 Å². The number of ketones is 1. The average Bonchev–Trinajstić information content (AvgIpc) is 3.13. The van der Waals surface area contributed by atoms with Crippen molar-refractivity contribution >= 4 is 34.7 Å². The van der Waals surface area contributed by atoms with E-state index >= 15 is 0 Å². The number of aliphatic hydroxyl groups is 2. The predicted molar refractivity (Wildman–Crippen MR) is 204 cm³/mol. The molecule has 2 aliphatic carbocycles. The molecule has 10 heteroatoms. The molecule has 0 bridgehead atoms. The van der Waals surface area contributed by atoms with Crippen molar-refractivity contribution in [2.24, 2.45) is 16.2 Å². The molecule has 1 aromatic heterocycles. The Hall–Kier alpha value is -5.45. The number of carbonyl (C=O) groups is 4. The number of aromatic nitrogens is 1. The maximum Gasteiger partial charge on any atom is 0.335 e. The number of hydrogen-bond acceptors (Lipinski definition) is 7. The second-order valence-electron chi connectivity index (χ2n) is 16.1. The number of Topliss-reactive ketones (excluding diaryl/α,β-unsaturated/α-hetero) is 1. The van der Waals surface area contributed by atoms with Crippen molar-refractivity contribution in [3.8, 4) is 0 Å². The highest BCUT2D eigenvalue weighted by Gasteiger charge is 2.50. The summed E-state index contributed by atoms with van der Waals surface area (Å²) in [6, 6.07) is 18.6. The minimum absolute atomic E-state index is 0.0759. The van der Waals surface area contributed by atoms with Crippen molar-refractivity contribution in [3.63, 3.8) is 0 Å². The van der Waals surface area contributed by atoms with Gasteiger partial charge in [0.2, 0.25) is 5.79 Å². The number of nitrogens with zero attached hydrogens (tertiary/aromatic N) is 3. The molecule has 3 aromatic rings. The van der Waals surface area contributed by atoms with Crippen molar-refractivity contribution in [2.75, 3.05) is 26.2 Å². The average molecular weight is 728 g/mol. The Balaban J connectivity index is 1.06. The summed E-state index contributed by atoms with van der Waals surface area (Å²) in [6.07, 6.45) is 8.96. The molecule has 4 aliphatic rings. The summed E-state index contributed by atoms with van der Waals surface area (Å²) in [5.74, 6) is -3.92. The standard InChI is InChI=1S/C44H45N3O7/c1-27(48)28-9-11-30(12-10-28)33-18-22-43(5)26-47(24-20-37(43)44(33,53)54)39(50)35-8-6-7-34(45-35)38(49)46-23-19-36-41(2,3)32(17-21-42(36,4)25-46)29-13-15-31(16-14-29)40(51)52/h6-20,53-54H,21-26H2,1-5H3,(H,51,52)/t42-,43-/m1/s1. The van der Waals surface area contributed by atoms with E-state index in [9.17, 15) is 34.5 Å². The summed E-state index contributed by atoms with van der Waals surface area (Å²) < 4.78 is 0. The van der Waals surface area contributed by atoms with Crippen LogP contribution in [0, 0.1) is 16.2 Å². The van der Waals surface area contributed by atoms with Crippen LogP contribution in [0.25, 0.3) is 11.1 Å². The number of allylic oxidation sites excluding steroid dienone is 3. The van der Waals surface area contributed by atoms with E-state index < -0.39 is 17.2 Å². The molecule has 0 spiro atoms. The van der Waals surface area contributed by atoms with Crippen LogP contribution >= 0.6 is 0 Å². The van der Waals surface area contributed by atoms with Crippen molar-refractivity contribution in [2.45, 2.75) is 53.2 Å². The second kappa shape index (κ2) is 13.1. The van der Waals surface area contributed by atoms with Crippen molar-refractivity contribution in [1.29, 1.82) is 0 Å². The van der Waals surface area contributed by atoms with Gasteiger partial charge in [0.15, 0.2) is 5.78 Å². The van der Waals surface area contributed by atoms with E-state index in [0.29, 0.717) is 48.2 Å². The Morgan fingerprint density at radius 1 is 0.630 bits per heavy atom. The summed E-state index contributed by atoms with van der Waals surface area (Å²) in [7, 11) is 0. The highest BCUT2D eigenvalue weighted by molar-refractivity contribution is 5.97. The molecule has 3 N–H and O–H groups in total. The lowest BCUT2D eigenvalue weighted by molar-refractivity contribution is -0.0957. The molecule has 0 saturated heterocycles. The van der Waals surface area contributed by atoms with E-state index in [1.807, 2.05) is 19.1 Å².